The third kappa shape index (κ3) is 2.76. The molecule has 112 valence electrons. The molecule has 0 aromatic carbocycles. The second-order valence-electron chi connectivity index (χ2n) is 5.81. The summed E-state index contributed by atoms with van der Waals surface area (Å²) in [5, 5.41) is 9.01. The normalized spacial score (nSPS) is 19.5. The number of carbonyl (C=O) groups excluding carboxylic acids is 1. The predicted molar refractivity (Wildman–Crippen MR) is 80.7 cm³/mol. The molecule has 1 saturated heterocycles. The van der Waals surface area contributed by atoms with Crippen LogP contribution >= 0.6 is 0 Å². The lowest BCUT2D eigenvalue weighted by Crippen LogP contribution is -2.46. The molecule has 3 heterocycles. The Labute approximate surface area is 124 Å². The second-order valence-corrected chi connectivity index (χ2v) is 5.81. The third-order valence-electron chi connectivity index (χ3n) is 4.14. The SMILES string of the molecule is Cc1nn(C)c2ncc(CNC3CCC(=O)N(C)C3)cc12. The number of aryl methyl sites for hydroxylation is 2. The molecule has 1 unspecified atom stereocenters. The first-order valence-electron chi connectivity index (χ1n) is 7.30. The van der Waals surface area contributed by atoms with E-state index in [1.165, 1.54) is 0 Å². The van der Waals surface area contributed by atoms with Crippen molar-refractivity contribution in [2.45, 2.75) is 32.4 Å². The van der Waals surface area contributed by atoms with Gasteiger partial charge in [-0.1, -0.05) is 0 Å². The maximum atomic E-state index is 11.5. The number of likely N-dealkylation sites (N-methyl/N-ethyl adjacent to an activating group) is 1. The molecule has 1 atom stereocenters. The quantitative estimate of drug-likeness (QED) is 0.914. The zero-order chi connectivity index (χ0) is 15.0. The molecule has 6 nitrogen and oxygen atoms in total. The molecule has 2 aromatic heterocycles. The molecule has 0 saturated carbocycles. The number of rotatable bonds is 3. The summed E-state index contributed by atoms with van der Waals surface area (Å²) in [5.41, 5.74) is 3.07. The fourth-order valence-corrected chi connectivity index (χ4v) is 2.89. The summed E-state index contributed by atoms with van der Waals surface area (Å²) in [7, 11) is 3.78. The molecule has 6 heteroatoms. The van der Waals surface area contributed by atoms with Crippen LogP contribution in [0.1, 0.15) is 24.1 Å². The summed E-state index contributed by atoms with van der Waals surface area (Å²) in [5.74, 6) is 0.238. The van der Waals surface area contributed by atoms with Crippen molar-refractivity contribution in [3.63, 3.8) is 0 Å². The van der Waals surface area contributed by atoms with Crippen molar-refractivity contribution >= 4 is 16.9 Å². The van der Waals surface area contributed by atoms with Gasteiger partial charge in [0.2, 0.25) is 5.91 Å². The van der Waals surface area contributed by atoms with Crippen LogP contribution in [0.25, 0.3) is 11.0 Å². The molecule has 1 fully saturated rings. The minimum atomic E-state index is 0.238. The third-order valence-corrected chi connectivity index (χ3v) is 4.14. The molecular formula is C15H21N5O. The van der Waals surface area contributed by atoms with Gasteiger partial charge in [-0.25, -0.2) is 4.98 Å². The minimum Gasteiger partial charge on any atom is -0.344 e. The Hall–Kier alpha value is -1.95. The average molecular weight is 287 g/mol. The van der Waals surface area contributed by atoms with E-state index in [-0.39, 0.29) is 5.91 Å². The van der Waals surface area contributed by atoms with Crippen LogP contribution < -0.4 is 5.32 Å². The topological polar surface area (TPSA) is 63.1 Å². The van der Waals surface area contributed by atoms with Crippen LogP contribution in [-0.2, 0) is 18.4 Å². The van der Waals surface area contributed by atoms with Crippen LogP contribution in [0, 0.1) is 6.92 Å². The summed E-state index contributed by atoms with van der Waals surface area (Å²) in [6.45, 7) is 3.55. The van der Waals surface area contributed by atoms with Crippen LogP contribution in [0.15, 0.2) is 12.3 Å². The Kier molecular flexibility index (Phi) is 3.63. The molecule has 21 heavy (non-hydrogen) atoms. The summed E-state index contributed by atoms with van der Waals surface area (Å²) in [6, 6.07) is 2.51. The van der Waals surface area contributed by atoms with E-state index in [9.17, 15) is 4.79 Å². The van der Waals surface area contributed by atoms with Crippen LogP contribution in [0.2, 0.25) is 0 Å². The van der Waals surface area contributed by atoms with Gasteiger partial charge in [0.1, 0.15) is 0 Å². The Bertz CT molecular complexity index is 678. The van der Waals surface area contributed by atoms with Gasteiger partial charge in [0.05, 0.1) is 5.69 Å². The van der Waals surface area contributed by atoms with Gasteiger partial charge in [-0.2, -0.15) is 5.10 Å². The first-order valence-corrected chi connectivity index (χ1v) is 7.30. The number of carbonyl (C=O) groups is 1. The fourth-order valence-electron chi connectivity index (χ4n) is 2.89. The second kappa shape index (κ2) is 5.44. The Balaban J connectivity index is 1.68. The van der Waals surface area contributed by atoms with Gasteiger partial charge in [0.15, 0.2) is 5.65 Å². The van der Waals surface area contributed by atoms with E-state index < -0.39 is 0 Å². The number of nitrogens with zero attached hydrogens (tertiary/aromatic N) is 4. The van der Waals surface area contributed by atoms with Crippen molar-refractivity contribution in [3.05, 3.63) is 23.5 Å². The Morgan fingerprint density at radius 2 is 2.24 bits per heavy atom. The number of piperidine rings is 1. The highest BCUT2D eigenvalue weighted by molar-refractivity contribution is 5.78. The van der Waals surface area contributed by atoms with E-state index in [4.69, 9.17) is 0 Å². The van der Waals surface area contributed by atoms with E-state index in [1.807, 2.05) is 31.9 Å². The highest BCUT2D eigenvalue weighted by Gasteiger charge is 2.22. The van der Waals surface area contributed by atoms with E-state index in [0.717, 1.165) is 41.8 Å². The monoisotopic (exact) mass is 287 g/mol. The lowest BCUT2D eigenvalue weighted by atomic mass is 10.1. The lowest BCUT2D eigenvalue weighted by Gasteiger charge is -2.30. The van der Waals surface area contributed by atoms with Gasteiger partial charge < -0.3 is 10.2 Å². The molecule has 0 radical (unpaired) electrons. The van der Waals surface area contributed by atoms with Crippen LogP contribution in [0.3, 0.4) is 0 Å². The van der Waals surface area contributed by atoms with Crippen LogP contribution in [-0.4, -0.2) is 45.2 Å². The molecule has 1 aliphatic heterocycles. The maximum absolute atomic E-state index is 11.5. The van der Waals surface area contributed by atoms with E-state index >= 15 is 0 Å². The zero-order valence-electron chi connectivity index (χ0n) is 12.8. The minimum absolute atomic E-state index is 0.238. The van der Waals surface area contributed by atoms with Crippen molar-refractivity contribution in [3.8, 4) is 0 Å². The van der Waals surface area contributed by atoms with E-state index in [1.54, 1.807) is 4.90 Å². The Morgan fingerprint density at radius 3 is 3.00 bits per heavy atom. The number of likely N-dealkylation sites (tertiary alicyclic amines) is 1. The van der Waals surface area contributed by atoms with Crippen molar-refractivity contribution in [2.75, 3.05) is 13.6 Å². The summed E-state index contributed by atoms with van der Waals surface area (Å²) in [4.78, 5) is 17.8. The highest BCUT2D eigenvalue weighted by Crippen LogP contribution is 2.17. The number of amides is 1. The molecule has 3 rings (SSSR count). The highest BCUT2D eigenvalue weighted by atomic mass is 16.2. The number of hydrogen-bond donors (Lipinski definition) is 1. The van der Waals surface area contributed by atoms with Gasteiger partial charge in [-0.05, 0) is 25.0 Å². The van der Waals surface area contributed by atoms with Crippen molar-refractivity contribution in [2.24, 2.45) is 7.05 Å². The van der Waals surface area contributed by atoms with Crippen molar-refractivity contribution in [1.82, 2.24) is 25.0 Å². The number of fused-ring (bicyclic) bond motifs is 1. The van der Waals surface area contributed by atoms with Crippen molar-refractivity contribution in [1.29, 1.82) is 0 Å². The van der Waals surface area contributed by atoms with Gasteiger partial charge in [0.25, 0.3) is 0 Å². The Morgan fingerprint density at radius 1 is 1.43 bits per heavy atom. The standard InChI is InChI=1S/C15H21N5O/c1-10-13-6-11(8-17-15(13)20(3)18-10)7-16-12-4-5-14(21)19(2)9-12/h6,8,12,16H,4-5,7,9H2,1-3H3. The van der Waals surface area contributed by atoms with Gasteiger partial charge >= 0.3 is 0 Å². The molecular weight excluding hydrogens is 266 g/mol. The fraction of sp³-hybridized carbons (Fsp3) is 0.533. The molecule has 1 aliphatic rings. The number of pyridine rings is 1. The van der Waals surface area contributed by atoms with E-state index in [2.05, 4.69) is 21.5 Å². The summed E-state index contributed by atoms with van der Waals surface area (Å²) < 4.78 is 1.81. The average Bonchev–Trinajstić information content (AvgIpc) is 2.75. The first-order chi connectivity index (χ1) is 10.0. The van der Waals surface area contributed by atoms with Crippen molar-refractivity contribution < 1.29 is 4.79 Å². The summed E-state index contributed by atoms with van der Waals surface area (Å²) >= 11 is 0. The van der Waals surface area contributed by atoms with Crippen LogP contribution in [0.4, 0.5) is 0 Å². The van der Waals surface area contributed by atoms with Gasteiger partial charge in [0, 0.05) is 51.2 Å². The largest absolute Gasteiger partial charge is 0.344 e. The zero-order valence-corrected chi connectivity index (χ0v) is 12.8. The molecule has 1 N–H and O–H groups in total. The maximum Gasteiger partial charge on any atom is 0.222 e. The van der Waals surface area contributed by atoms with Gasteiger partial charge in [-0.3, -0.25) is 9.48 Å². The lowest BCUT2D eigenvalue weighted by molar-refractivity contribution is -0.132. The molecule has 1 amide bonds. The van der Waals surface area contributed by atoms with Crippen LogP contribution in [0.5, 0.6) is 0 Å². The molecule has 0 bridgehead atoms. The summed E-state index contributed by atoms with van der Waals surface area (Å²) in [6.07, 6.45) is 3.44. The number of aromatic nitrogens is 3. The van der Waals surface area contributed by atoms with E-state index in [0.29, 0.717) is 12.5 Å². The predicted octanol–water partition coefficient (Wildman–Crippen LogP) is 0.987. The van der Waals surface area contributed by atoms with Gasteiger partial charge in [-0.15, -0.1) is 0 Å². The smallest absolute Gasteiger partial charge is 0.222 e. The first kappa shape index (κ1) is 14.0. The molecule has 2 aromatic rings. The number of hydrogen-bond acceptors (Lipinski definition) is 4. The molecule has 0 spiro atoms. The molecule has 0 aliphatic carbocycles. The number of nitrogens with one attached hydrogen (secondary N) is 1.